The van der Waals surface area contributed by atoms with Gasteiger partial charge in [-0.15, -0.1) is 0 Å². The predicted octanol–water partition coefficient (Wildman–Crippen LogP) is 3.14. The summed E-state index contributed by atoms with van der Waals surface area (Å²) in [4.78, 5) is 2.54. The van der Waals surface area contributed by atoms with Crippen LogP contribution in [0, 0.1) is 5.82 Å². The van der Waals surface area contributed by atoms with E-state index in [2.05, 4.69) is 28.4 Å². The summed E-state index contributed by atoms with van der Waals surface area (Å²) in [6, 6.07) is 14.4. The van der Waals surface area contributed by atoms with Crippen LogP contribution in [0.5, 0.6) is 0 Å². The van der Waals surface area contributed by atoms with Gasteiger partial charge >= 0.3 is 0 Å². The van der Waals surface area contributed by atoms with Crippen LogP contribution in [0.1, 0.15) is 23.1 Å². The van der Waals surface area contributed by atoms with Gasteiger partial charge in [0.05, 0.1) is 0 Å². The van der Waals surface area contributed by atoms with Crippen molar-refractivity contribution in [2.75, 3.05) is 24.5 Å². The van der Waals surface area contributed by atoms with E-state index in [-0.39, 0.29) is 5.82 Å². The molecule has 22 heavy (non-hydrogen) atoms. The van der Waals surface area contributed by atoms with E-state index in [0.29, 0.717) is 12.5 Å². The van der Waals surface area contributed by atoms with E-state index in [1.54, 1.807) is 12.1 Å². The first-order valence-corrected chi connectivity index (χ1v) is 8.14. The smallest absolute Gasteiger partial charge is 0.126 e. The second-order valence-corrected chi connectivity index (χ2v) is 6.32. The van der Waals surface area contributed by atoms with Gasteiger partial charge in [-0.2, -0.15) is 0 Å². The van der Waals surface area contributed by atoms with Crippen LogP contribution < -0.4 is 10.2 Å². The van der Waals surface area contributed by atoms with E-state index in [1.807, 2.05) is 12.1 Å². The maximum Gasteiger partial charge on any atom is 0.126 e. The molecule has 2 heterocycles. The van der Waals surface area contributed by atoms with Crippen molar-refractivity contribution in [3.05, 3.63) is 65.0 Å². The lowest BCUT2D eigenvalue weighted by Crippen LogP contribution is -2.32. The van der Waals surface area contributed by atoms with Gasteiger partial charge in [-0.25, -0.2) is 4.39 Å². The lowest BCUT2D eigenvalue weighted by atomic mass is 10.0. The number of nitrogens with one attached hydrogen (secondary N) is 1. The minimum Gasteiger partial charge on any atom is -0.367 e. The molecule has 1 N–H and O–H groups in total. The summed E-state index contributed by atoms with van der Waals surface area (Å²) in [6.45, 7) is 3.23. The van der Waals surface area contributed by atoms with Crippen LogP contribution in [-0.4, -0.2) is 25.7 Å². The quantitative estimate of drug-likeness (QED) is 0.916. The number of hydrogen-bond donors (Lipinski definition) is 1. The van der Waals surface area contributed by atoms with E-state index in [9.17, 15) is 4.39 Å². The summed E-state index contributed by atoms with van der Waals surface area (Å²) >= 11 is 0. The van der Waals surface area contributed by atoms with Gasteiger partial charge in [0.1, 0.15) is 5.82 Å². The molecule has 0 amide bonds. The standard InChI is InChI=1S/C19H21FN2/c20-18-4-2-1-3-15(18)11-14-5-6-16-13-17-7-8-21-9-10-22(17)19(16)12-14/h1-6,12,17,21H,7-11,13H2. The number of hydrogen-bond acceptors (Lipinski definition) is 2. The summed E-state index contributed by atoms with van der Waals surface area (Å²) in [6.07, 6.45) is 3.02. The van der Waals surface area contributed by atoms with Gasteiger partial charge in [-0.05, 0) is 48.2 Å². The van der Waals surface area contributed by atoms with Crippen LogP contribution >= 0.6 is 0 Å². The maximum absolute atomic E-state index is 13.9. The largest absolute Gasteiger partial charge is 0.367 e. The highest BCUT2D eigenvalue weighted by Gasteiger charge is 2.29. The van der Waals surface area contributed by atoms with Crippen molar-refractivity contribution in [2.24, 2.45) is 0 Å². The van der Waals surface area contributed by atoms with Crippen LogP contribution in [0.3, 0.4) is 0 Å². The molecule has 0 bridgehead atoms. The highest BCUT2D eigenvalue weighted by atomic mass is 19.1. The van der Waals surface area contributed by atoms with Crippen molar-refractivity contribution in [1.82, 2.24) is 5.32 Å². The van der Waals surface area contributed by atoms with Crippen molar-refractivity contribution in [2.45, 2.75) is 25.3 Å². The van der Waals surface area contributed by atoms with Gasteiger partial charge in [0, 0.05) is 31.2 Å². The highest BCUT2D eigenvalue weighted by molar-refractivity contribution is 5.61. The molecule has 1 unspecified atom stereocenters. The molecule has 0 saturated carbocycles. The van der Waals surface area contributed by atoms with Gasteiger partial charge in [0.25, 0.3) is 0 Å². The molecule has 2 aliphatic heterocycles. The third kappa shape index (κ3) is 2.50. The lowest BCUT2D eigenvalue weighted by Gasteiger charge is -2.24. The Morgan fingerprint density at radius 1 is 1.14 bits per heavy atom. The average molecular weight is 296 g/mol. The maximum atomic E-state index is 13.9. The van der Waals surface area contributed by atoms with Crippen molar-refractivity contribution in [3.8, 4) is 0 Å². The first kappa shape index (κ1) is 13.8. The highest BCUT2D eigenvalue weighted by Crippen LogP contribution is 2.35. The molecular weight excluding hydrogens is 275 g/mol. The van der Waals surface area contributed by atoms with E-state index < -0.39 is 0 Å². The molecule has 1 atom stereocenters. The zero-order valence-electron chi connectivity index (χ0n) is 12.7. The third-order valence-corrected chi connectivity index (χ3v) is 4.89. The molecule has 0 spiro atoms. The zero-order chi connectivity index (χ0) is 14.9. The van der Waals surface area contributed by atoms with Crippen molar-refractivity contribution < 1.29 is 4.39 Å². The van der Waals surface area contributed by atoms with Crippen molar-refractivity contribution in [3.63, 3.8) is 0 Å². The van der Waals surface area contributed by atoms with Crippen LogP contribution in [0.2, 0.25) is 0 Å². The van der Waals surface area contributed by atoms with Gasteiger partial charge in [-0.1, -0.05) is 30.3 Å². The Balaban J connectivity index is 1.62. The molecular formula is C19H21FN2. The molecule has 3 heteroatoms. The van der Waals surface area contributed by atoms with E-state index >= 15 is 0 Å². The zero-order valence-corrected chi connectivity index (χ0v) is 12.7. The minimum absolute atomic E-state index is 0.111. The molecule has 0 aliphatic carbocycles. The lowest BCUT2D eigenvalue weighted by molar-refractivity contribution is 0.612. The molecule has 2 nitrogen and oxygen atoms in total. The first-order valence-electron chi connectivity index (χ1n) is 8.14. The second-order valence-electron chi connectivity index (χ2n) is 6.32. The van der Waals surface area contributed by atoms with E-state index in [0.717, 1.165) is 31.6 Å². The van der Waals surface area contributed by atoms with Crippen LogP contribution in [0.15, 0.2) is 42.5 Å². The fourth-order valence-electron chi connectivity index (χ4n) is 3.74. The molecule has 0 radical (unpaired) electrons. The van der Waals surface area contributed by atoms with Crippen molar-refractivity contribution in [1.29, 1.82) is 0 Å². The third-order valence-electron chi connectivity index (χ3n) is 4.89. The number of halogens is 1. The average Bonchev–Trinajstić information content (AvgIpc) is 2.71. The number of rotatable bonds is 2. The topological polar surface area (TPSA) is 15.3 Å². The Morgan fingerprint density at radius 3 is 2.95 bits per heavy atom. The fraction of sp³-hybridized carbons (Fsp3) is 0.368. The summed E-state index contributed by atoms with van der Waals surface area (Å²) in [5, 5.41) is 3.48. The van der Waals surface area contributed by atoms with E-state index in [4.69, 9.17) is 0 Å². The van der Waals surface area contributed by atoms with E-state index in [1.165, 1.54) is 23.2 Å². The Morgan fingerprint density at radius 2 is 2.05 bits per heavy atom. The molecule has 2 aliphatic rings. The van der Waals surface area contributed by atoms with Crippen molar-refractivity contribution >= 4 is 5.69 Å². The number of benzene rings is 2. The van der Waals surface area contributed by atoms with Gasteiger partial charge in [0.15, 0.2) is 0 Å². The van der Waals surface area contributed by atoms with Crippen LogP contribution in [0.25, 0.3) is 0 Å². The normalized spacial score (nSPS) is 20.4. The Bertz CT molecular complexity index is 683. The SMILES string of the molecule is Fc1ccccc1Cc1ccc2c(c1)N1CCNCCC1C2. The fourth-order valence-corrected chi connectivity index (χ4v) is 3.74. The first-order chi connectivity index (χ1) is 10.8. The molecule has 2 aromatic rings. The molecule has 4 rings (SSSR count). The molecule has 0 aromatic heterocycles. The van der Waals surface area contributed by atoms with Gasteiger partial charge in [0.2, 0.25) is 0 Å². The number of anilines is 1. The molecule has 1 fully saturated rings. The number of nitrogens with zero attached hydrogens (tertiary/aromatic N) is 1. The van der Waals surface area contributed by atoms with Gasteiger partial charge < -0.3 is 10.2 Å². The summed E-state index contributed by atoms with van der Waals surface area (Å²) < 4.78 is 13.9. The predicted molar refractivity (Wildman–Crippen MR) is 88.0 cm³/mol. The summed E-state index contributed by atoms with van der Waals surface area (Å²) in [5.74, 6) is -0.111. The summed E-state index contributed by atoms with van der Waals surface area (Å²) in [5.41, 5.74) is 4.78. The number of fused-ring (bicyclic) bond motifs is 3. The minimum atomic E-state index is -0.111. The Hall–Kier alpha value is -1.87. The van der Waals surface area contributed by atoms with Gasteiger partial charge in [-0.3, -0.25) is 0 Å². The molecule has 2 aromatic carbocycles. The Labute approximate surface area is 131 Å². The molecule has 1 saturated heterocycles. The summed E-state index contributed by atoms with van der Waals surface area (Å²) in [7, 11) is 0. The monoisotopic (exact) mass is 296 g/mol. The molecule has 114 valence electrons. The second kappa shape index (κ2) is 5.73. The Kier molecular flexibility index (Phi) is 3.59. The van der Waals surface area contributed by atoms with Crippen LogP contribution in [-0.2, 0) is 12.8 Å². The van der Waals surface area contributed by atoms with Crippen LogP contribution in [0.4, 0.5) is 10.1 Å².